The zero-order chi connectivity index (χ0) is 27.8. The molecule has 2 aromatic carbocycles. The number of halogens is 6. The highest BCUT2D eigenvalue weighted by Crippen LogP contribution is 2.37. The van der Waals surface area contributed by atoms with E-state index in [1.807, 2.05) is 25.1 Å². The first-order valence-electron chi connectivity index (χ1n) is 11.9. The topological polar surface area (TPSA) is 55.7 Å². The van der Waals surface area contributed by atoms with Crippen LogP contribution in [0.4, 0.5) is 22.0 Å². The van der Waals surface area contributed by atoms with Crippen LogP contribution in [0.25, 0.3) is 0 Å². The quantitative estimate of drug-likeness (QED) is 0.157. The number of amidine groups is 1. The van der Waals surface area contributed by atoms with Crippen LogP contribution >= 0.6 is 11.6 Å². The van der Waals surface area contributed by atoms with Crippen LogP contribution in [0.2, 0.25) is 5.02 Å². The molecule has 11 heteroatoms. The molecule has 1 aromatic heterocycles. The van der Waals surface area contributed by atoms with Gasteiger partial charge in [-0.05, 0) is 48.7 Å². The van der Waals surface area contributed by atoms with E-state index in [1.54, 1.807) is 31.2 Å². The third kappa shape index (κ3) is 7.34. The van der Waals surface area contributed by atoms with Crippen LogP contribution in [0.1, 0.15) is 37.1 Å². The van der Waals surface area contributed by atoms with Crippen molar-refractivity contribution < 1.29 is 31.4 Å². The first-order chi connectivity index (χ1) is 18.1. The van der Waals surface area contributed by atoms with Gasteiger partial charge in [0.05, 0.1) is 17.3 Å². The van der Waals surface area contributed by atoms with E-state index in [4.69, 9.17) is 16.3 Å². The molecule has 0 unspecified atom stereocenters. The Hall–Kier alpha value is -3.40. The monoisotopic (exact) mass is 555 g/mol. The zero-order valence-corrected chi connectivity index (χ0v) is 21.5. The van der Waals surface area contributed by atoms with Crippen LogP contribution in [0.15, 0.2) is 71.9 Å². The number of aliphatic imine (C=N–C) groups is 1. The largest absolute Gasteiger partial charge is 0.465 e. The molecular formula is C27H27ClF5N3O2. The molecule has 0 saturated heterocycles. The third-order valence-corrected chi connectivity index (χ3v) is 5.64. The predicted octanol–water partition coefficient (Wildman–Crippen LogP) is 6.99. The average Bonchev–Trinajstić information content (AvgIpc) is 2.87. The van der Waals surface area contributed by atoms with Crippen molar-refractivity contribution in [1.82, 2.24) is 10.3 Å². The number of pyridine rings is 1. The summed E-state index contributed by atoms with van der Waals surface area (Å²) in [7, 11) is 0. The summed E-state index contributed by atoms with van der Waals surface area (Å²) in [6.45, 7) is 4.33. The molecule has 3 aromatic rings. The molecule has 0 radical (unpaired) electrons. The minimum Gasteiger partial charge on any atom is -0.465 e. The average molecular weight is 556 g/mol. The number of rotatable bonds is 11. The van der Waals surface area contributed by atoms with Gasteiger partial charge in [-0.15, -0.1) is 0 Å². The highest BCUT2D eigenvalue weighted by Gasteiger charge is 2.45. The molecular weight excluding hydrogens is 529 g/mol. The van der Waals surface area contributed by atoms with Crippen molar-refractivity contribution in [3.8, 4) is 5.75 Å². The smallest absolute Gasteiger partial charge is 0.461 e. The minimum atomic E-state index is -4.84. The molecule has 0 aliphatic rings. The van der Waals surface area contributed by atoms with Crippen molar-refractivity contribution in [2.24, 2.45) is 4.99 Å². The van der Waals surface area contributed by atoms with E-state index >= 15 is 0 Å². The van der Waals surface area contributed by atoms with Crippen molar-refractivity contribution in [3.05, 3.63) is 94.5 Å². The second-order valence-electron chi connectivity index (χ2n) is 8.32. The fourth-order valence-electron chi connectivity index (χ4n) is 3.77. The Balaban J connectivity index is 2.28. The summed E-state index contributed by atoms with van der Waals surface area (Å²) in [6.07, 6.45) is -6.81. The summed E-state index contributed by atoms with van der Waals surface area (Å²) < 4.78 is 78.2. The maximum atomic E-state index is 14.9. The third-order valence-electron chi connectivity index (χ3n) is 5.41. The number of nitrogens with zero attached hydrogens (tertiary/aromatic N) is 2. The van der Waals surface area contributed by atoms with Gasteiger partial charge in [-0.1, -0.05) is 48.9 Å². The molecule has 1 atom stereocenters. The van der Waals surface area contributed by atoms with E-state index in [1.165, 1.54) is 6.20 Å². The Morgan fingerprint density at radius 1 is 1.08 bits per heavy atom. The van der Waals surface area contributed by atoms with Gasteiger partial charge in [0.25, 0.3) is 6.02 Å². The lowest BCUT2D eigenvalue weighted by atomic mass is 9.80. The molecule has 0 saturated carbocycles. The Kier molecular flexibility index (Phi) is 9.90. The Bertz CT molecular complexity index is 1210. The Morgan fingerprint density at radius 3 is 2.42 bits per heavy atom. The fourth-order valence-corrected chi connectivity index (χ4v) is 3.88. The van der Waals surface area contributed by atoms with Crippen molar-refractivity contribution in [2.45, 2.75) is 44.8 Å². The van der Waals surface area contributed by atoms with Gasteiger partial charge in [-0.3, -0.25) is 4.98 Å². The van der Waals surface area contributed by atoms with E-state index < -0.39 is 29.6 Å². The van der Waals surface area contributed by atoms with Gasteiger partial charge in [0.1, 0.15) is 17.1 Å². The van der Waals surface area contributed by atoms with E-state index in [0.717, 1.165) is 17.7 Å². The van der Waals surface area contributed by atoms with Crippen LogP contribution in [-0.4, -0.2) is 36.7 Å². The molecule has 5 nitrogen and oxygen atoms in total. The van der Waals surface area contributed by atoms with Crippen molar-refractivity contribution in [1.29, 1.82) is 0 Å². The fraction of sp³-hybridized carbons (Fsp3) is 0.333. The summed E-state index contributed by atoms with van der Waals surface area (Å²) >= 11 is 6.08. The number of nitrogens with one attached hydrogen (secondary N) is 1. The molecule has 0 bridgehead atoms. The molecule has 0 amide bonds. The molecule has 1 N–H and O–H groups in total. The van der Waals surface area contributed by atoms with Crippen LogP contribution in [-0.2, 0) is 16.7 Å². The first kappa shape index (κ1) is 29.2. The Labute approximate surface area is 222 Å². The van der Waals surface area contributed by atoms with Crippen molar-refractivity contribution >= 4 is 17.6 Å². The normalized spacial score (nSPS) is 13.8. The number of hydrogen-bond acceptors (Lipinski definition) is 4. The molecule has 38 heavy (non-hydrogen) atoms. The lowest BCUT2D eigenvalue weighted by molar-refractivity contribution is -0.253. The van der Waals surface area contributed by atoms with Gasteiger partial charge in [0.2, 0.25) is 0 Å². The summed E-state index contributed by atoms with van der Waals surface area (Å²) in [5, 5.41) is 3.53. The van der Waals surface area contributed by atoms with Gasteiger partial charge in [0.15, 0.2) is 0 Å². The summed E-state index contributed by atoms with van der Waals surface area (Å²) in [4.78, 5) is 8.81. The minimum absolute atomic E-state index is 0.0557. The maximum Gasteiger partial charge on any atom is 0.461 e. The lowest BCUT2D eigenvalue weighted by Crippen LogP contribution is -2.50. The van der Waals surface area contributed by atoms with Crippen LogP contribution < -0.4 is 10.1 Å². The standard InChI is InChI=1S/C27H27ClF5N3O2/c1-3-12-37-25(34-4-2)36-26(16-18-8-6-5-7-9-18,23-11-10-20(28)17-35-23)19-13-21(29)15-22(14-19)38-27(32,33)24(30)31/h5-11,13-15,17,24H,3-4,12,16H2,1-2H3,(H,34,36)/t26-/m0/s1. The van der Waals surface area contributed by atoms with E-state index in [9.17, 15) is 22.0 Å². The molecule has 0 aliphatic carbocycles. The van der Waals surface area contributed by atoms with E-state index in [2.05, 4.69) is 20.0 Å². The van der Waals surface area contributed by atoms with Crippen molar-refractivity contribution in [3.63, 3.8) is 0 Å². The zero-order valence-electron chi connectivity index (χ0n) is 20.7. The lowest BCUT2D eigenvalue weighted by Gasteiger charge is -2.36. The predicted molar refractivity (Wildman–Crippen MR) is 136 cm³/mol. The van der Waals surface area contributed by atoms with E-state index in [0.29, 0.717) is 36.4 Å². The molecule has 0 fully saturated rings. The van der Waals surface area contributed by atoms with Gasteiger partial charge >= 0.3 is 12.5 Å². The van der Waals surface area contributed by atoms with Gasteiger partial charge in [0, 0.05) is 25.2 Å². The van der Waals surface area contributed by atoms with Crippen LogP contribution in [0.5, 0.6) is 5.75 Å². The highest BCUT2D eigenvalue weighted by atomic mass is 35.5. The number of ether oxygens (including phenoxy) is 2. The molecule has 0 spiro atoms. The molecule has 3 rings (SSSR count). The summed E-state index contributed by atoms with van der Waals surface area (Å²) in [6, 6.07) is 15.1. The maximum absolute atomic E-state index is 14.9. The second kappa shape index (κ2) is 12.9. The van der Waals surface area contributed by atoms with Crippen LogP contribution in [0.3, 0.4) is 0 Å². The first-order valence-corrected chi connectivity index (χ1v) is 12.2. The number of hydrogen-bond donors (Lipinski definition) is 1. The summed E-state index contributed by atoms with van der Waals surface area (Å²) in [5.74, 6) is -1.78. The van der Waals surface area contributed by atoms with Gasteiger partial charge in [-0.2, -0.15) is 17.6 Å². The number of alkyl halides is 4. The van der Waals surface area contributed by atoms with Crippen molar-refractivity contribution in [2.75, 3.05) is 13.2 Å². The molecule has 0 aliphatic heterocycles. The summed E-state index contributed by atoms with van der Waals surface area (Å²) in [5.41, 5.74) is -0.353. The second-order valence-corrected chi connectivity index (χ2v) is 8.76. The Morgan fingerprint density at radius 2 is 1.82 bits per heavy atom. The highest BCUT2D eigenvalue weighted by molar-refractivity contribution is 6.30. The number of aromatic nitrogens is 1. The molecule has 204 valence electrons. The van der Waals surface area contributed by atoms with Gasteiger partial charge < -0.3 is 14.8 Å². The van der Waals surface area contributed by atoms with E-state index in [-0.39, 0.29) is 18.0 Å². The van der Waals surface area contributed by atoms with Gasteiger partial charge in [-0.25, -0.2) is 9.38 Å². The van der Waals surface area contributed by atoms with Crippen LogP contribution in [0, 0.1) is 5.82 Å². The number of benzene rings is 2. The molecule has 1 heterocycles. The SMILES string of the molecule is CCCOC(=NCC)N[C@@](Cc1ccccc1)(c1cc(F)cc(OC(F)(F)C(F)F)c1)c1ccc(Cl)cn1.